The number of fused-ring (bicyclic) bond motifs is 7. The van der Waals surface area contributed by atoms with Crippen LogP contribution in [-0.2, 0) is 5.41 Å². The van der Waals surface area contributed by atoms with Gasteiger partial charge in [0.15, 0.2) is 0 Å². The molecule has 0 N–H and O–H groups in total. The van der Waals surface area contributed by atoms with Crippen LogP contribution in [0.2, 0.25) is 0 Å². The molecule has 1 aromatic heterocycles. The lowest BCUT2D eigenvalue weighted by Gasteiger charge is -2.32. The summed E-state index contributed by atoms with van der Waals surface area (Å²) in [5, 5.41) is 4.96. The second-order valence-corrected chi connectivity index (χ2v) is 18.2. The van der Waals surface area contributed by atoms with Crippen molar-refractivity contribution in [2.45, 2.75) is 57.3 Å². The molecule has 63 heavy (non-hydrogen) atoms. The number of furan rings is 1. The van der Waals surface area contributed by atoms with Crippen molar-refractivity contribution in [3.05, 3.63) is 211 Å². The number of anilines is 3. The minimum atomic E-state index is -0.116. The fourth-order valence-electron chi connectivity index (χ4n) is 11.3. The van der Waals surface area contributed by atoms with Crippen LogP contribution in [0.5, 0.6) is 0 Å². The van der Waals surface area contributed by atoms with E-state index in [0.717, 1.165) is 50.1 Å². The van der Waals surface area contributed by atoms with Gasteiger partial charge in [0, 0.05) is 32.9 Å². The first kappa shape index (κ1) is 37.6. The van der Waals surface area contributed by atoms with E-state index in [1.165, 1.54) is 92.9 Å². The zero-order valence-electron chi connectivity index (χ0n) is 35.9. The predicted octanol–water partition coefficient (Wildman–Crippen LogP) is 17.6. The molecule has 12 rings (SSSR count). The summed E-state index contributed by atoms with van der Waals surface area (Å²) in [5.74, 6) is 0.564. The number of hydrogen-bond acceptors (Lipinski definition) is 2. The maximum Gasteiger partial charge on any atom is 0.136 e. The average molecular weight is 812 g/mol. The number of benzene rings is 9. The molecule has 0 bridgehead atoms. The number of para-hydroxylation sites is 4. The van der Waals surface area contributed by atoms with Gasteiger partial charge in [-0.15, -0.1) is 0 Å². The van der Waals surface area contributed by atoms with E-state index < -0.39 is 0 Å². The molecule has 0 radical (unpaired) electrons. The van der Waals surface area contributed by atoms with Crippen molar-refractivity contribution in [2.24, 2.45) is 0 Å². The number of hydrogen-bond donors (Lipinski definition) is 0. The summed E-state index contributed by atoms with van der Waals surface area (Å²) in [7, 11) is 0. The molecule has 0 atom stereocenters. The van der Waals surface area contributed by atoms with Crippen LogP contribution >= 0.6 is 0 Å². The molecule has 1 fully saturated rings. The molecule has 304 valence electrons. The Balaban J connectivity index is 1.13. The van der Waals surface area contributed by atoms with E-state index in [1.54, 1.807) is 0 Å². The maximum absolute atomic E-state index is 6.51. The zero-order chi connectivity index (χ0) is 42.1. The fourth-order valence-corrected chi connectivity index (χ4v) is 11.3. The molecule has 0 unspecified atom stereocenters. The Morgan fingerprint density at radius 2 is 1.00 bits per heavy atom. The Morgan fingerprint density at radius 1 is 0.444 bits per heavy atom. The molecule has 10 aromatic rings. The van der Waals surface area contributed by atoms with Crippen LogP contribution in [0.1, 0.15) is 68.6 Å². The number of nitrogens with zero attached hydrogens (tertiary/aromatic N) is 1. The average Bonchev–Trinajstić information content (AvgIpc) is 3.83. The zero-order valence-corrected chi connectivity index (χ0v) is 35.9. The highest BCUT2D eigenvalue weighted by Crippen LogP contribution is 2.55. The van der Waals surface area contributed by atoms with E-state index in [1.807, 2.05) is 6.07 Å². The molecule has 1 heterocycles. The minimum absolute atomic E-state index is 0.116. The van der Waals surface area contributed by atoms with Crippen LogP contribution in [0.25, 0.3) is 77.2 Å². The second kappa shape index (κ2) is 15.0. The highest BCUT2D eigenvalue weighted by molar-refractivity contribution is 6.08. The van der Waals surface area contributed by atoms with E-state index in [0.29, 0.717) is 5.92 Å². The summed E-state index contributed by atoms with van der Waals surface area (Å²) in [4.78, 5) is 2.55. The lowest BCUT2D eigenvalue weighted by atomic mass is 9.80. The normalized spacial score (nSPS) is 14.6. The quantitative estimate of drug-likeness (QED) is 0.159. The Morgan fingerprint density at radius 3 is 1.78 bits per heavy atom. The molecule has 0 amide bonds. The molecular formula is C61H49NO. The van der Waals surface area contributed by atoms with Gasteiger partial charge in [-0.1, -0.05) is 191 Å². The van der Waals surface area contributed by atoms with Crippen LogP contribution in [0.4, 0.5) is 17.1 Å². The predicted molar refractivity (Wildman–Crippen MR) is 266 cm³/mol. The van der Waals surface area contributed by atoms with Gasteiger partial charge in [0.1, 0.15) is 11.2 Å². The van der Waals surface area contributed by atoms with Crippen LogP contribution in [0.3, 0.4) is 0 Å². The van der Waals surface area contributed by atoms with Gasteiger partial charge in [-0.05, 0) is 110 Å². The largest absolute Gasteiger partial charge is 0.456 e. The van der Waals surface area contributed by atoms with Crippen molar-refractivity contribution in [3.63, 3.8) is 0 Å². The van der Waals surface area contributed by atoms with Crippen molar-refractivity contribution < 1.29 is 4.42 Å². The summed E-state index contributed by atoms with van der Waals surface area (Å²) in [5.41, 5.74) is 19.1. The molecule has 2 heteroatoms. The molecule has 0 saturated heterocycles. The van der Waals surface area contributed by atoms with Gasteiger partial charge in [0.25, 0.3) is 0 Å². The Bertz CT molecular complexity index is 3370. The SMILES string of the molecule is CC1(C)c2ccccc2-c2c(-c3ccccc3N(c3ccccc3-c3ccc4c(c3)oc3ccccc34)c3ccccc3-c3cccc4cccc(C5CCCCC5)c34)cccc21. The van der Waals surface area contributed by atoms with Crippen LogP contribution in [0, 0.1) is 0 Å². The highest BCUT2D eigenvalue weighted by atomic mass is 16.3. The van der Waals surface area contributed by atoms with E-state index in [4.69, 9.17) is 4.42 Å². The lowest BCUT2D eigenvalue weighted by molar-refractivity contribution is 0.445. The van der Waals surface area contributed by atoms with Crippen molar-refractivity contribution in [1.29, 1.82) is 0 Å². The summed E-state index contributed by atoms with van der Waals surface area (Å²) >= 11 is 0. The van der Waals surface area contributed by atoms with Gasteiger partial charge >= 0.3 is 0 Å². The summed E-state index contributed by atoms with van der Waals surface area (Å²) < 4.78 is 6.51. The topological polar surface area (TPSA) is 16.4 Å². The Labute approximate surface area is 370 Å². The smallest absolute Gasteiger partial charge is 0.136 e. The summed E-state index contributed by atoms with van der Waals surface area (Å²) in [6.07, 6.45) is 6.43. The molecule has 1 saturated carbocycles. The van der Waals surface area contributed by atoms with Crippen molar-refractivity contribution >= 4 is 49.8 Å². The van der Waals surface area contributed by atoms with Gasteiger partial charge in [0.05, 0.1) is 17.1 Å². The standard InChI is InChI=1S/C61H49NO/c1-61(2)52-31-11-6-27-51(52)60-50(30-18-32-53(60)61)46-25-9-14-35-56(46)62(54-33-12-7-23-43(54)42-37-38-48-47-26-10-15-36-57(47)63-58(48)39-42)55-34-13-8-24-45(55)49-29-17-22-41-21-16-28-44(59(41)49)40-19-4-3-5-20-40/h6-18,21-40H,3-5,19-20H2,1-2H3. The van der Waals surface area contributed by atoms with Crippen molar-refractivity contribution in [1.82, 2.24) is 0 Å². The third kappa shape index (κ3) is 6.07. The van der Waals surface area contributed by atoms with Gasteiger partial charge < -0.3 is 9.32 Å². The third-order valence-electron chi connectivity index (χ3n) is 14.3. The van der Waals surface area contributed by atoms with E-state index in [-0.39, 0.29) is 5.41 Å². The molecule has 2 nitrogen and oxygen atoms in total. The summed E-state index contributed by atoms with van der Waals surface area (Å²) in [6.45, 7) is 4.74. The first-order chi connectivity index (χ1) is 31.0. The number of rotatable bonds is 7. The van der Waals surface area contributed by atoms with E-state index in [9.17, 15) is 0 Å². The van der Waals surface area contributed by atoms with Gasteiger partial charge in [-0.3, -0.25) is 0 Å². The van der Waals surface area contributed by atoms with Crippen LogP contribution in [0.15, 0.2) is 199 Å². The molecule has 9 aromatic carbocycles. The van der Waals surface area contributed by atoms with Crippen molar-refractivity contribution in [2.75, 3.05) is 4.90 Å². The first-order valence-electron chi connectivity index (χ1n) is 22.8. The molecule has 2 aliphatic carbocycles. The second-order valence-electron chi connectivity index (χ2n) is 18.2. The fraction of sp³-hybridized carbons (Fsp3) is 0.148. The molecule has 0 aliphatic heterocycles. The van der Waals surface area contributed by atoms with Gasteiger partial charge in [-0.2, -0.15) is 0 Å². The molecule has 2 aliphatic rings. The van der Waals surface area contributed by atoms with Gasteiger partial charge in [0.2, 0.25) is 0 Å². The maximum atomic E-state index is 6.51. The Kier molecular flexibility index (Phi) is 8.97. The van der Waals surface area contributed by atoms with Crippen LogP contribution in [-0.4, -0.2) is 0 Å². The molecular weight excluding hydrogens is 763 g/mol. The lowest BCUT2D eigenvalue weighted by Crippen LogP contribution is -2.15. The third-order valence-corrected chi connectivity index (χ3v) is 14.3. The van der Waals surface area contributed by atoms with Crippen molar-refractivity contribution in [3.8, 4) is 44.5 Å². The van der Waals surface area contributed by atoms with E-state index >= 15 is 0 Å². The highest BCUT2D eigenvalue weighted by Gasteiger charge is 2.37. The minimum Gasteiger partial charge on any atom is -0.456 e. The Hall–Kier alpha value is -7.16. The molecule has 0 spiro atoms. The monoisotopic (exact) mass is 811 g/mol. The van der Waals surface area contributed by atoms with Crippen LogP contribution < -0.4 is 4.90 Å². The summed E-state index contributed by atoms with van der Waals surface area (Å²) in [6, 6.07) is 72.0. The van der Waals surface area contributed by atoms with E-state index in [2.05, 4.69) is 207 Å². The van der Waals surface area contributed by atoms with Gasteiger partial charge in [-0.25, -0.2) is 0 Å². The first-order valence-corrected chi connectivity index (χ1v) is 22.8.